The quantitative estimate of drug-likeness (QED) is 0.409. The number of hydrogen-bond donors (Lipinski definition) is 2. The lowest BCUT2D eigenvalue weighted by atomic mass is 10.4. The number of nitrogens with one attached hydrogen (secondary N) is 2. The van der Waals surface area contributed by atoms with E-state index in [1.165, 1.54) is 6.42 Å². The predicted molar refractivity (Wildman–Crippen MR) is 47.4 cm³/mol. The van der Waals surface area contributed by atoms with Gasteiger partial charge in [0.15, 0.2) is 0 Å². The maximum Gasteiger partial charge on any atom is 0.0694 e. The van der Waals surface area contributed by atoms with Gasteiger partial charge in [0.05, 0.1) is 6.61 Å². The Kier molecular flexibility index (Phi) is 9.77. The van der Waals surface area contributed by atoms with E-state index in [1.807, 2.05) is 6.92 Å². The summed E-state index contributed by atoms with van der Waals surface area (Å²) < 4.78 is 0. The van der Waals surface area contributed by atoms with Crippen LogP contribution in [0, 0.1) is 0 Å². The van der Waals surface area contributed by atoms with Gasteiger partial charge in [-0.1, -0.05) is 13.8 Å². The van der Waals surface area contributed by atoms with Gasteiger partial charge in [0, 0.05) is 6.54 Å². The molecule has 0 aromatic heterocycles. The molecule has 0 amide bonds. The summed E-state index contributed by atoms with van der Waals surface area (Å²) in [5, 5.41) is 3.30. The molecule has 0 spiro atoms. The minimum absolute atomic E-state index is 0.796. The van der Waals surface area contributed by atoms with E-state index in [4.69, 9.17) is 4.84 Å². The number of hydroxylamine groups is 1. The van der Waals surface area contributed by atoms with Crippen molar-refractivity contribution in [3.05, 3.63) is 0 Å². The molecule has 0 saturated carbocycles. The summed E-state index contributed by atoms with van der Waals surface area (Å²) in [5.41, 5.74) is 2.81. The molecule has 11 heavy (non-hydrogen) atoms. The van der Waals surface area contributed by atoms with Crippen LogP contribution < -0.4 is 10.8 Å². The lowest BCUT2D eigenvalue weighted by Gasteiger charge is -2.03. The summed E-state index contributed by atoms with van der Waals surface area (Å²) in [6.07, 6.45) is 2.28. The third kappa shape index (κ3) is 9.88. The third-order valence-electron chi connectivity index (χ3n) is 1.27. The third-order valence-corrected chi connectivity index (χ3v) is 1.27. The van der Waals surface area contributed by atoms with Gasteiger partial charge in [0.1, 0.15) is 0 Å². The second-order valence-corrected chi connectivity index (χ2v) is 2.45. The molecule has 0 unspecified atom stereocenters. The van der Waals surface area contributed by atoms with Crippen LogP contribution in [0.4, 0.5) is 0 Å². The highest BCUT2D eigenvalue weighted by Crippen LogP contribution is 1.78. The van der Waals surface area contributed by atoms with Crippen molar-refractivity contribution in [2.24, 2.45) is 0 Å². The highest BCUT2D eigenvalue weighted by Gasteiger charge is 1.86. The van der Waals surface area contributed by atoms with Crippen molar-refractivity contribution in [2.75, 3.05) is 26.2 Å². The normalized spacial score (nSPS) is 10.4. The van der Waals surface area contributed by atoms with E-state index in [2.05, 4.69) is 17.7 Å². The highest BCUT2D eigenvalue weighted by molar-refractivity contribution is 4.44. The molecule has 0 saturated heterocycles. The van der Waals surface area contributed by atoms with Crippen molar-refractivity contribution in [3.63, 3.8) is 0 Å². The van der Waals surface area contributed by atoms with Gasteiger partial charge in [0.25, 0.3) is 0 Å². The summed E-state index contributed by atoms with van der Waals surface area (Å²) in [5.74, 6) is 0. The number of rotatable bonds is 8. The smallest absolute Gasteiger partial charge is 0.0694 e. The Morgan fingerprint density at radius 1 is 1.18 bits per heavy atom. The first-order valence-electron chi connectivity index (χ1n) is 4.47. The molecular weight excluding hydrogens is 140 g/mol. The van der Waals surface area contributed by atoms with Crippen molar-refractivity contribution < 1.29 is 4.84 Å². The zero-order valence-corrected chi connectivity index (χ0v) is 7.65. The first kappa shape index (κ1) is 10.9. The summed E-state index contributed by atoms with van der Waals surface area (Å²) >= 11 is 0. The minimum Gasteiger partial charge on any atom is -0.317 e. The summed E-state index contributed by atoms with van der Waals surface area (Å²) in [6, 6.07) is 0. The van der Waals surface area contributed by atoms with Crippen LogP contribution in [0.3, 0.4) is 0 Å². The van der Waals surface area contributed by atoms with Gasteiger partial charge in [0.2, 0.25) is 0 Å². The Labute approximate surface area is 69.5 Å². The maximum atomic E-state index is 5.07. The zero-order chi connectivity index (χ0) is 8.36. The molecule has 3 nitrogen and oxygen atoms in total. The average molecular weight is 160 g/mol. The maximum absolute atomic E-state index is 5.07. The molecule has 0 fully saturated rings. The van der Waals surface area contributed by atoms with E-state index in [9.17, 15) is 0 Å². The Balaban J connectivity index is 2.69. The van der Waals surface area contributed by atoms with Gasteiger partial charge in [-0.25, -0.2) is 5.48 Å². The van der Waals surface area contributed by atoms with Crippen molar-refractivity contribution in [3.8, 4) is 0 Å². The molecular formula is C8H20N2O. The lowest BCUT2D eigenvalue weighted by molar-refractivity contribution is 0.0432. The van der Waals surface area contributed by atoms with Gasteiger partial charge in [-0.15, -0.1) is 0 Å². The van der Waals surface area contributed by atoms with Crippen LogP contribution in [-0.2, 0) is 4.84 Å². The monoisotopic (exact) mass is 160 g/mol. The van der Waals surface area contributed by atoms with E-state index >= 15 is 0 Å². The molecule has 0 aliphatic heterocycles. The average Bonchev–Trinajstić information content (AvgIpc) is 2.03. The fraction of sp³-hybridized carbons (Fsp3) is 1.00. The molecule has 0 atom stereocenters. The van der Waals surface area contributed by atoms with Crippen LogP contribution in [0.1, 0.15) is 26.7 Å². The molecule has 0 rings (SSSR count). The molecule has 0 aliphatic rings. The Bertz CT molecular complexity index is 61.1. The van der Waals surface area contributed by atoms with Crippen LogP contribution in [-0.4, -0.2) is 26.2 Å². The second kappa shape index (κ2) is 9.88. The fourth-order valence-electron chi connectivity index (χ4n) is 0.745. The lowest BCUT2D eigenvalue weighted by Crippen LogP contribution is -2.20. The summed E-state index contributed by atoms with van der Waals surface area (Å²) in [7, 11) is 0. The largest absolute Gasteiger partial charge is 0.317 e. The molecule has 2 N–H and O–H groups in total. The van der Waals surface area contributed by atoms with E-state index in [0.29, 0.717) is 0 Å². The van der Waals surface area contributed by atoms with Gasteiger partial charge in [-0.3, -0.25) is 0 Å². The van der Waals surface area contributed by atoms with E-state index in [-0.39, 0.29) is 0 Å². The predicted octanol–water partition coefficient (Wildman–Crippen LogP) is 0.917. The van der Waals surface area contributed by atoms with Crippen LogP contribution >= 0.6 is 0 Å². The molecule has 0 bridgehead atoms. The van der Waals surface area contributed by atoms with Crippen LogP contribution in [0.5, 0.6) is 0 Å². The van der Waals surface area contributed by atoms with Crippen LogP contribution in [0.25, 0.3) is 0 Å². The minimum atomic E-state index is 0.796. The van der Waals surface area contributed by atoms with E-state index < -0.39 is 0 Å². The van der Waals surface area contributed by atoms with Crippen LogP contribution in [0.15, 0.2) is 0 Å². The van der Waals surface area contributed by atoms with Crippen molar-refractivity contribution in [1.29, 1.82) is 0 Å². The van der Waals surface area contributed by atoms with Crippen LogP contribution in [0.2, 0.25) is 0 Å². The van der Waals surface area contributed by atoms with Gasteiger partial charge in [-0.2, -0.15) is 0 Å². The molecule has 0 heterocycles. The Hall–Kier alpha value is -0.120. The SMILES string of the molecule is CCCNCCCONCC. The summed E-state index contributed by atoms with van der Waals surface area (Å²) in [6.45, 7) is 8.03. The molecule has 0 aromatic carbocycles. The Morgan fingerprint density at radius 2 is 2.00 bits per heavy atom. The first-order chi connectivity index (χ1) is 5.41. The highest BCUT2D eigenvalue weighted by atomic mass is 16.6. The topological polar surface area (TPSA) is 33.3 Å². The zero-order valence-electron chi connectivity index (χ0n) is 7.65. The molecule has 68 valence electrons. The van der Waals surface area contributed by atoms with Gasteiger partial charge in [-0.05, 0) is 25.9 Å². The summed E-state index contributed by atoms with van der Waals surface area (Å²) in [4.78, 5) is 5.07. The number of hydrogen-bond acceptors (Lipinski definition) is 3. The van der Waals surface area contributed by atoms with Gasteiger partial charge < -0.3 is 10.2 Å². The molecule has 0 aromatic rings. The standard InChI is InChI=1S/C8H20N2O/c1-3-6-9-7-5-8-11-10-4-2/h9-10H,3-8H2,1-2H3. The van der Waals surface area contributed by atoms with E-state index in [0.717, 1.165) is 32.7 Å². The van der Waals surface area contributed by atoms with Gasteiger partial charge >= 0.3 is 0 Å². The van der Waals surface area contributed by atoms with Crippen molar-refractivity contribution in [1.82, 2.24) is 10.8 Å². The van der Waals surface area contributed by atoms with E-state index in [1.54, 1.807) is 0 Å². The molecule has 0 radical (unpaired) electrons. The second-order valence-electron chi connectivity index (χ2n) is 2.45. The fourth-order valence-corrected chi connectivity index (χ4v) is 0.745. The Morgan fingerprint density at radius 3 is 2.64 bits per heavy atom. The molecule has 3 heteroatoms. The molecule has 0 aliphatic carbocycles. The van der Waals surface area contributed by atoms with Crippen molar-refractivity contribution in [2.45, 2.75) is 26.7 Å². The first-order valence-corrected chi connectivity index (χ1v) is 4.47. The van der Waals surface area contributed by atoms with Crippen molar-refractivity contribution >= 4 is 0 Å².